The molecule has 1 aliphatic carbocycles. The maximum Gasteiger partial charge on any atom is 0.401 e. The van der Waals surface area contributed by atoms with Gasteiger partial charge in [-0.15, -0.1) is 0 Å². The molecule has 0 radical (unpaired) electrons. The van der Waals surface area contributed by atoms with Crippen LogP contribution in [0.2, 0.25) is 0 Å². The summed E-state index contributed by atoms with van der Waals surface area (Å²) < 4.78 is 72.8. The molecule has 7 rings (SSSR count). The highest BCUT2D eigenvalue weighted by Crippen LogP contribution is 2.59. The van der Waals surface area contributed by atoms with Crippen molar-refractivity contribution in [1.29, 1.82) is 5.41 Å². The van der Waals surface area contributed by atoms with Gasteiger partial charge in [-0.1, -0.05) is 19.1 Å². The van der Waals surface area contributed by atoms with Gasteiger partial charge in [-0.05, 0) is 86.6 Å². The minimum absolute atomic E-state index is 0.0541. The van der Waals surface area contributed by atoms with Gasteiger partial charge in [0.25, 0.3) is 0 Å². The standard InChI is InChI=1S/C36H35F4N3O4/c1-2-21-14-29-28(17-32(21)45-10-7-20-11-25-5-6-26(12-20)47-25)42-18-30(43-29)23-4-3-22(27(37)13-23)15-31(44)34(41)24-16-33(46-19-24)35(8-9-35)36(38,39)40/h3-4,13-14,16-20,25-26,41H,2,5-12,15H2,1H3. The van der Waals surface area contributed by atoms with Gasteiger partial charge in [0, 0.05) is 23.6 Å². The van der Waals surface area contributed by atoms with E-state index in [0.29, 0.717) is 47.0 Å². The number of rotatable bonds is 11. The van der Waals surface area contributed by atoms with Crippen LogP contribution >= 0.6 is 0 Å². The van der Waals surface area contributed by atoms with Gasteiger partial charge >= 0.3 is 6.18 Å². The lowest BCUT2D eigenvalue weighted by atomic mass is 9.93. The van der Waals surface area contributed by atoms with E-state index in [-0.39, 0.29) is 29.7 Å². The van der Waals surface area contributed by atoms with E-state index < -0.39 is 35.3 Å². The van der Waals surface area contributed by atoms with Crippen molar-refractivity contribution in [1.82, 2.24) is 9.97 Å². The number of fused-ring (bicyclic) bond motifs is 3. The Balaban J connectivity index is 1.01. The van der Waals surface area contributed by atoms with E-state index in [2.05, 4.69) is 4.98 Å². The van der Waals surface area contributed by atoms with Crippen LogP contribution in [0, 0.1) is 17.1 Å². The molecule has 2 aromatic carbocycles. The fraction of sp³-hybridized carbons (Fsp3) is 0.444. The Morgan fingerprint density at radius 3 is 2.51 bits per heavy atom. The summed E-state index contributed by atoms with van der Waals surface area (Å²) in [6, 6.07) is 9.28. The van der Waals surface area contributed by atoms with Crippen molar-refractivity contribution in [3.63, 3.8) is 0 Å². The van der Waals surface area contributed by atoms with Crippen LogP contribution in [0.25, 0.3) is 22.3 Å². The number of nitrogens with one attached hydrogen (secondary N) is 1. The lowest BCUT2D eigenvalue weighted by Gasteiger charge is -2.28. The number of alkyl halides is 3. The Labute approximate surface area is 269 Å². The normalized spacial score (nSPS) is 21.6. The highest BCUT2D eigenvalue weighted by Gasteiger charge is 2.66. The fourth-order valence-electron chi connectivity index (χ4n) is 6.96. The summed E-state index contributed by atoms with van der Waals surface area (Å²) in [5.74, 6) is -0.296. The molecular formula is C36H35F4N3O4. The number of aryl methyl sites for hydroxylation is 1. The van der Waals surface area contributed by atoms with Crippen LogP contribution in [-0.2, 0) is 27.8 Å². The summed E-state index contributed by atoms with van der Waals surface area (Å²) in [5.41, 5.74) is 0.649. The van der Waals surface area contributed by atoms with Crippen molar-refractivity contribution in [2.75, 3.05) is 6.61 Å². The van der Waals surface area contributed by atoms with E-state index in [9.17, 15) is 18.0 Å². The average molecular weight is 650 g/mol. The van der Waals surface area contributed by atoms with Gasteiger partial charge in [-0.2, -0.15) is 13.2 Å². The van der Waals surface area contributed by atoms with Crippen LogP contribution < -0.4 is 4.74 Å². The van der Waals surface area contributed by atoms with Crippen LogP contribution in [0.15, 0.2) is 53.3 Å². The van der Waals surface area contributed by atoms with Crippen LogP contribution in [0.1, 0.15) is 74.3 Å². The molecule has 47 heavy (non-hydrogen) atoms. The van der Waals surface area contributed by atoms with E-state index in [0.717, 1.165) is 49.3 Å². The maximum atomic E-state index is 15.2. The third-order valence-electron chi connectivity index (χ3n) is 9.91. The minimum atomic E-state index is -4.48. The summed E-state index contributed by atoms with van der Waals surface area (Å²) >= 11 is 0. The van der Waals surface area contributed by atoms with E-state index in [1.807, 2.05) is 19.1 Å². The Bertz CT molecular complexity index is 1840. The van der Waals surface area contributed by atoms with Gasteiger partial charge < -0.3 is 13.9 Å². The summed E-state index contributed by atoms with van der Waals surface area (Å²) in [6.45, 7) is 2.68. The molecule has 2 atom stereocenters. The minimum Gasteiger partial charge on any atom is -0.493 e. The first-order valence-corrected chi connectivity index (χ1v) is 16.2. The lowest BCUT2D eigenvalue weighted by molar-refractivity contribution is -0.164. The number of carbonyl (C=O) groups excluding carboxylic acids is 1. The lowest BCUT2D eigenvalue weighted by Crippen LogP contribution is -2.28. The van der Waals surface area contributed by atoms with Crippen molar-refractivity contribution >= 4 is 22.5 Å². The molecule has 3 aliphatic rings. The smallest absolute Gasteiger partial charge is 0.401 e. The molecule has 2 saturated heterocycles. The number of furan rings is 1. The third-order valence-corrected chi connectivity index (χ3v) is 9.91. The number of halogens is 4. The number of ether oxygens (including phenoxy) is 2. The van der Waals surface area contributed by atoms with Gasteiger partial charge in [0.05, 0.1) is 41.7 Å². The van der Waals surface area contributed by atoms with Crippen LogP contribution in [0.3, 0.4) is 0 Å². The Morgan fingerprint density at radius 1 is 1.06 bits per heavy atom. The molecule has 246 valence electrons. The molecule has 2 aromatic heterocycles. The molecular weight excluding hydrogens is 614 g/mol. The van der Waals surface area contributed by atoms with Crippen LogP contribution in [-0.4, -0.2) is 46.5 Å². The molecule has 11 heteroatoms. The predicted molar refractivity (Wildman–Crippen MR) is 166 cm³/mol. The van der Waals surface area contributed by atoms with E-state index in [4.69, 9.17) is 24.3 Å². The zero-order chi connectivity index (χ0) is 32.9. The number of hydrogen-bond acceptors (Lipinski definition) is 7. The molecule has 1 saturated carbocycles. The molecule has 2 bridgehead atoms. The largest absolute Gasteiger partial charge is 0.493 e. The van der Waals surface area contributed by atoms with E-state index >= 15 is 4.39 Å². The monoisotopic (exact) mass is 649 g/mol. The number of benzene rings is 2. The van der Waals surface area contributed by atoms with Crippen molar-refractivity contribution in [2.24, 2.45) is 5.92 Å². The molecule has 0 spiro atoms. The SMILES string of the molecule is CCc1cc2nc(-c3ccc(CC(=O)C(=N)c4coc(C5(C(F)(F)F)CC5)c4)c(F)c3)cnc2cc1OCCC1CC2CCC(C1)O2. The number of ketones is 1. The Kier molecular flexibility index (Phi) is 8.14. The van der Waals surface area contributed by atoms with Gasteiger partial charge in [-0.3, -0.25) is 15.2 Å². The molecule has 4 aromatic rings. The molecule has 0 amide bonds. The van der Waals surface area contributed by atoms with Crippen molar-refractivity contribution in [3.05, 3.63) is 77.1 Å². The Morgan fingerprint density at radius 2 is 1.83 bits per heavy atom. The van der Waals surface area contributed by atoms with Gasteiger partial charge in [-0.25, -0.2) is 9.37 Å². The molecule has 2 unspecified atom stereocenters. The molecule has 7 nitrogen and oxygen atoms in total. The van der Waals surface area contributed by atoms with E-state index in [1.165, 1.54) is 25.0 Å². The van der Waals surface area contributed by atoms with Gasteiger partial charge in [0.2, 0.25) is 0 Å². The number of carbonyl (C=O) groups is 1. The fourth-order valence-corrected chi connectivity index (χ4v) is 6.96. The number of hydrogen-bond donors (Lipinski definition) is 1. The quantitative estimate of drug-likeness (QED) is 0.130. The average Bonchev–Trinajstić information content (AvgIpc) is 3.62. The molecule has 4 heterocycles. The summed E-state index contributed by atoms with van der Waals surface area (Å²) in [7, 11) is 0. The zero-order valence-corrected chi connectivity index (χ0v) is 26.0. The topological polar surface area (TPSA) is 98.3 Å². The van der Waals surface area contributed by atoms with Gasteiger partial charge in [0.1, 0.15) is 34.7 Å². The van der Waals surface area contributed by atoms with Crippen molar-refractivity contribution in [3.8, 4) is 17.0 Å². The summed E-state index contributed by atoms with van der Waals surface area (Å²) in [6.07, 6.45) is 4.53. The molecule has 2 aliphatic heterocycles. The maximum absolute atomic E-state index is 15.2. The van der Waals surface area contributed by atoms with Crippen molar-refractivity contribution < 1.29 is 36.2 Å². The molecule has 1 N–H and O–H groups in total. The second-order valence-electron chi connectivity index (χ2n) is 13.1. The highest BCUT2D eigenvalue weighted by atomic mass is 19.4. The van der Waals surface area contributed by atoms with E-state index in [1.54, 1.807) is 12.3 Å². The van der Waals surface area contributed by atoms with Gasteiger partial charge in [0.15, 0.2) is 5.78 Å². The van der Waals surface area contributed by atoms with Crippen LogP contribution in [0.5, 0.6) is 5.75 Å². The number of aromatic nitrogens is 2. The molecule has 3 fully saturated rings. The van der Waals surface area contributed by atoms with Crippen molar-refractivity contribution in [2.45, 2.75) is 88.5 Å². The Hall–Kier alpha value is -4.12. The summed E-state index contributed by atoms with van der Waals surface area (Å²) in [4.78, 5) is 22.1. The number of nitrogens with zero attached hydrogens (tertiary/aromatic N) is 2. The number of Topliss-reactive ketones (excluding diaryl/α,β-unsaturated/α-hetero) is 1. The zero-order valence-electron chi connectivity index (χ0n) is 26.0. The second-order valence-corrected chi connectivity index (χ2v) is 13.1. The third kappa shape index (κ3) is 6.17. The van der Waals surface area contributed by atoms with Crippen LogP contribution in [0.4, 0.5) is 17.6 Å². The summed E-state index contributed by atoms with van der Waals surface area (Å²) in [5, 5.41) is 8.21. The predicted octanol–water partition coefficient (Wildman–Crippen LogP) is 8.09. The second kappa shape index (κ2) is 12.2. The first kappa shape index (κ1) is 31.5. The highest BCUT2D eigenvalue weighted by molar-refractivity contribution is 6.45. The first-order chi connectivity index (χ1) is 22.5. The first-order valence-electron chi connectivity index (χ1n) is 16.2.